The van der Waals surface area contributed by atoms with E-state index in [0.29, 0.717) is 19.4 Å². The Hall–Kier alpha value is -0.980. The van der Waals surface area contributed by atoms with Crippen LogP contribution in [0.2, 0.25) is 0 Å². The molecule has 0 radical (unpaired) electrons. The van der Waals surface area contributed by atoms with Gasteiger partial charge in [-0.05, 0) is 21.0 Å². The van der Waals surface area contributed by atoms with Crippen LogP contribution in [-0.2, 0) is 9.59 Å². The topological polar surface area (TPSA) is 78.7 Å². The SMILES string of the molecule is C[C@@H](NCC=O)C(=O)N(N)CCN(C)C. The molecule has 0 unspecified atom stereocenters. The van der Waals surface area contributed by atoms with Crippen LogP contribution in [0.5, 0.6) is 0 Å². The van der Waals surface area contributed by atoms with Crippen molar-refractivity contribution in [1.82, 2.24) is 15.2 Å². The lowest BCUT2D eigenvalue weighted by atomic mass is 10.3. The van der Waals surface area contributed by atoms with Crippen molar-refractivity contribution >= 4 is 12.2 Å². The Labute approximate surface area is 90.4 Å². The summed E-state index contributed by atoms with van der Waals surface area (Å²) in [6.45, 7) is 3.03. The quantitative estimate of drug-likeness (QED) is 0.233. The van der Waals surface area contributed by atoms with E-state index in [4.69, 9.17) is 5.84 Å². The van der Waals surface area contributed by atoms with E-state index in [1.54, 1.807) is 6.92 Å². The first-order chi connectivity index (χ1) is 6.99. The van der Waals surface area contributed by atoms with Gasteiger partial charge < -0.3 is 9.69 Å². The van der Waals surface area contributed by atoms with Crippen LogP contribution in [-0.4, -0.2) is 61.9 Å². The molecule has 0 aromatic rings. The van der Waals surface area contributed by atoms with Crippen LogP contribution >= 0.6 is 0 Å². The van der Waals surface area contributed by atoms with Crippen LogP contribution in [0.4, 0.5) is 0 Å². The summed E-state index contributed by atoms with van der Waals surface area (Å²) in [6.07, 6.45) is 0.713. The maximum atomic E-state index is 11.6. The number of nitrogens with one attached hydrogen (secondary N) is 1. The molecular formula is C9H20N4O2. The standard InChI is InChI=1S/C9H20N4O2/c1-8(11-4-7-14)9(15)13(10)6-5-12(2)3/h7-8,11H,4-6,10H2,1-3H3/t8-/m1/s1. The number of hydrazine groups is 1. The molecule has 3 N–H and O–H groups in total. The molecule has 0 aliphatic carbocycles. The summed E-state index contributed by atoms with van der Waals surface area (Å²) in [5, 5.41) is 3.92. The smallest absolute Gasteiger partial charge is 0.253 e. The molecule has 6 nitrogen and oxygen atoms in total. The van der Waals surface area contributed by atoms with Crippen LogP contribution in [0.25, 0.3) is 0 Å². The van der Waals surface area contributed by atoms with Crippen molar-refractivity contribution in [3.05, 3.63) is 0 Å². The molecule has 1 amide bonds. The van der Waals surface area contributed by atoms with Gasteiger partial charge in [-0.3, -0.25) is 15.1 Å². The van der Waals surface area contributed by atoms with E-state index < -0.39 is 6.04 Å². The number of rotatable bonds is 7. The lowest BCUT2D eigenvalue weighted by molar-refractivity contribution is -0.133. The van der Waals surface area contributed by atoms with E-state index >= 15 is 0 Å². The zero-order valence-electron chi connectivity index (χ0n) is 9.56. The fourth-order valence-corrected chi connectivity index (χ4v) is 0.979. The third-order valence-electron chi connectivity index (χ3n) is 1.95. The van der Waals surface area contributed by atoms with Crippen LogP contribution in [0.1, 0.15) is 6.92 Å². The van der Waals surface area contributed by atoms with E-state index in [0.717, 1.165) is 0 Å². The van der Waals surface area contributed by atoms with Crippen molar-refractivity contribution in [3.63, 3.8) is 0 Å². The number of aldehydes is 1. The van der Waals surface area contributed by atoms with Crippen molar-refractivity contribution in [3.8, 4) is 0 Å². The lowest BCUT2D eigenvalue weighted by Crippen LogP contribution is -2.50. The van der Waals surface area contributed by atoms with Gasteiger partial charge in [-0.25, -0.2) is 5.84 Å². The van der Waals surface area contributed by atoms with Crippen LogP contribution < -0.4 is 11.2 Å². The molecule has 0 aliphatic heterocycles. The van der Waals surface area contributed by atoms with Crippen molar-refractivity contribution in [2.24, 2.45) is 5.84 Å². The molecular weight excluding hydrogens is 196 g/mol. The van der Waals surface area contributed by atoms with Crippen molar-refractivity contribution in [2.45, 2.75) is 13.0 Å². The molecule has 0 rings (SSSR count). The normalized spacial score (nSPS) is 12.6. The van der Waals surface area contributed by atoms with Crippen LogP contribution in [0.15, 0.2) is 0 Å². The molecule has 0 saturated heterocycles. The van der Waals surface area contributed by atoms with Gasteiger partial charge in [-0.2, -0.15) is 0 Å². The highest BCUT2D eigenvalue weighted by Crippen LogP contribution is 1.89. The highest BCUT2D eigenvalue weighted by molar-refractivity contribution is 5.81. The van der Waals surface area contributed by atoms with Crippen molar-refractivity contribution in [1.29, 1.82) is 0 Å². The van der Waals surface area contributed by atoms with Crippen molar-refractivity contribution in [2.75, 3.05) is 33.7 Å². The Morgan fingerprint density at radius 3 is 2.53 bits per heavy atom. The first kappa shape index (κ1) is 14.0. The lowest BCUT2D eigenvalue weighted by Gasteiger charge is -2.22. The van der Waals surface area contributed by atoms with Crippen LogP contribution in [0, 0.1) is 0 Å². The molecule has 0 aromatic carbocycles. The summed E-state index contributed by atoms with van der Waals surface area (Å²) < 4.78 is 0. The minimum atomic E-state index is -0.428. The summed E-state index contributed by atoms with van der Waals surface area (Å²) in [7, 11) is 3.82. The fourth-order valence-electron chi connectivity index (χ4n) is 0.979. The highest BCUT2D eigenvalue weighted by atomic mass is 16.2. The number of amides is 1. The van der Waals surface area contributed by atoms with Gasteiger partial charge in [-0.15, -0.1) is 0 Å². The summed E-state index contributed by atoms with van der Waals surface area (Å²) in [5.74, 6) is 5.36. The number of hydrogen-bond donors (Lipinski definition) is 2. The molecule has 6 heteroatoms. The van der Waals surface area contributed by atoms with Gasteiger partial charge >= 0.3 is 0 Å². The number of likely N-dealkylation sites (N-methyl/N-ethyl adjacent to an activating group) is 1. The van der Waals surface area contributed by atoms with Gasteiger partial charge in [0.25, 0.3) is 5.91 Å². The molecule has 0 heterocycles. The third kappa shape index (κ3) is 6.16. The summed E-state index contributed by atoms with van der Waals surface area (Å²) in [6, 6.07) is -0.428. The second-order valence-electron chi connectivity index (χ2n) is 3.63. The number of carbonyl (C=O) groups is 2. The Morgan fingerprint density at radius 1 is 1.47 bits per heavy atom. The van der Waals surface area contributed by atoms with Crippen LogP contribution in [0.3, 0.4) is 0 Å². The molecule has 0 fully saturated rings. The average Bonchev–Trinajstić information content (AvgIpc) is 2.21. The molecule has 0 aromatic heterocycles. The summed E-state index contributed by atoms with van der Waals surface area (Å²) in [5.41, 5.74) is 0. The van der Waals surface area contributed by atoms with Gasteiger partial charge in [0, 0.05) is 13.1 Å². The zero-order chi connectivity index (χ0) is 11.8. The molecule has 0 saturated carbocycles. The van der Waals surface area contributed by atoms with E-state index in [1.807, 2.05) is 19.0 Å². The maximum Gasteiger partial charge on any atom is 0.253 e. The molecule has 88 valence electrons. The largest absolute Gasteiger partial charge is 0.308 e. The first-order valence-electron chi connectivity index (χ1n) is 4.87. The highest BCUT2D eigenvalue weighted by Gasteiger charge is 2.16. The Morgan fingerprint density at radius 2 is 2.07 bits per heavy atom. The Kier molecular flexibility index (Phi) is 6.85. The number of nitrogens with two attached hydrogens (primary N) is 1. The summed E-state index contributed by atoms with van der Waals surface area (Å²) >= 11 is 0. The fraction of sp³-hybridized carbons (Fsp3) is 0.778. The number of carbonyl (C=O) groups excluding carboxylic acids is 2. The van der Waals surface area contributed by atoms with Gasteiger partial charge in [0.15, 0.2) is 0 Å². The molecule has 15 heavy (non-hydrogen) atoms. The average molecular weight is 216 g/mol. The Bertz CT molecular complexity index is 208. The van der Waals surface area contributed by atoms with Gasteiger partial charge in [-0.1, -0.05) is 0 Å². The minimum Gasteiger partial charge on any atom is -0.308 e. The van der Waals surface area contributed by atoms with E-state index in [9.17, 15) is 9.59 Å². The van der Waals surface area contributed by atoms with E-state index in [1.165, 1.54) is 5.01 Å². The van der Waals surface area contributed by atoms with Crippen molar-refractivity contribution < 1.29 is 9.59 Å². The number of nitrogens with zero attached hydrogens (tertiary/aromatic N) is 2. The van der Waals surface area contributed by atoms with Gasteiger partial charge in [0.05, 0.1) is 12.6 Å². The molecule has 0 aliphatic rings. The maximum absolute atomic E-state index is 11.6. The van der Waals surface area contributed by atoms with E-state index in [-0.39, 0.29) is 12.5 Å². The van der Waals surface area contributed by atoms with E-state index in [2.05, 4.69) is 5.32 Å². The predicted molar refractivity (Wildman–Crippen MR) is 58.0 cm³/mol. The molecule has 0 spiro atoms. The second-order valence-corrected chi connectivity index (χ2v) is 3.63. The van der Waals surface area contributed by atoms with Gasteiger partial charge in [0.1, 0.15) is 6.29 Å². The predicted octanol–water partition coefficient (Wildman–Crippen LogP) is -1.57. The van der Waals surface area contributed by atoms with Gasteiger partial charge in [0.2, 0.25) is 0 Å². The number of hydrogen-bond acceptors (Lipinski definition) is 5. The monoisotopic (exact) mass is 216 g/mol. The zero-order valence-corrected chi connectivity index (χ0v) is 9.56. The molecule has 1 atom stereocenters. The Balaban J connectivity index is 3.90. The second kappa shape index (κ2) is 7.33. The first-order valence-corrected chi connectivity index (χ1v) is 4.87. The minimum absolute atomic E-state index is 0.161. The summed E-state index contributed by atoms with van der Waals surface area (Å²) in [4.78, 5) is 23.6. The third-order valence-corrected chi connectivity index (χ3v) is 1.95. The molecule has 0 bridgehead atoms.